The standard InChI is InChI=1S/C22H25N3O3.ClH/c1-3-22(4-2,14-23)24-19(26)16-9-7-8-15(12-16)13-25-20(27)17-10-5-6-11-18(17)21(25)28;/h5-12H,3-4,13-14,23H2,1-2H3,(H,24,26);1H. The van der Waals surface area contributed by atoms with Crippen LogP contribution in [0.3, 0.4) is 0 Å². The molecule has 0 aromatic heterocycles. The molecule has 3 N–H and O–H groups in total. The maximum atomic E-state index is 12.7. The Balaban J connectivity index is 0.00000300. The molecule has 154 valence electrons. The molecule has 0 atom stereocenters. The molecule has 1 aliphatic rings. The van der Waals surface area contributed by atoms with Gasteiger partial charge in [0, 0.05) is 12.1 Å². The van der Waals surface area contributed by atoms with Gasteiger partial charge in [-0.05, 0) is 42.7 Å². The Hall–Kier alpha value is -2.70. The first-order chi connectivity index (χ1) is 13.4. The highest BCUT2D eigenvalue weighted by molar-refractivity contribution is 6.21. The van der Waals surface area contributed by atoms with E-state index in [1.807, 2.05) is 13.8 Å². The highest BCUT2D eigenvalue weighted by atomic mass is 35.5. The molecule has 0 fully saturated rings. The number of carbonyl (C=O) groups is 3. The molecule has 0 bridgehead atoms. The van der Waals surface area contributed by atoms with Gasteiger partial charge in [-0.1, -0.05) is 38.1 Å². The van der Waals surface area contributed by atoms with Gasteiger partial charge in [-0.25, -0.2) is 0 Å². The average Bonchev–Trinajstić information content (AvgIpc) is 2.97. The molecule has 0 saturated carbocycles. The molecule has 3 rings (SSSR count). The summed E-state index contributed by atoms with van der Waals surface area (Å²) >= 11 is 0. The van der Waals surface area contributed by atoms with Crippen LogP contribution >= 0.6 is 12.4 Å². The van der Waals surface area contributed by atoms with E-state index >= 15 is 0 Å². The zero-order chi connectivity index (χ0) is 20.3. The van der Waals surface area contributed by atoms with Crippen molar-refractivity contribution in [3.8, 4) is 0 Å². The molecule has 0 unspecified atom stereocenters. The summed E-state index contributed by atoms with van der Waals surface area (Å²) in [6, 6.07) is 13.8. The van der Waals surface area contributed by atoms with Gasteiger partial charge in [0.2, 0.25) is 0 Å². The molecule has 6 nitrogen and oxygen atoms in total. The monoisotopic (exact) mass is 415 g/mol. The number of nitrogens with one attached hydrogen (secondary N) is 1. The average molecular weight is 416 g/mol. The molecule has 0 saturated heterocycles. The molecule has 1 aliphatic heterocycles. The van der Waals surface area contributed by atoms with Crippen LogP contribution in [0.5, 0.6) is 0 Å². The largest absolute Gasteiger partial charge is 0.345 e. The Morgan fingerprint density at radius 1 is 1.00 bits per heavy atom. The van der Waals surface area contributed by atoms with Crippen LogP contribution in [-0.2, 0) is 6.54 Å². The highest BCUT2D eigenvalue weighted by Crippen LogP contribution is 2.24. The van der Waals surface area contributed by atoms with E-state index < -0.39 is 5.54 Å². The number of hydrogen-bond acceptors (Lipinski definition) is 4. The predicted molar refractivity (Wildman–Crippen MR) is 114 cm³/mol. The van der Waals surface area contributed by atoms with Crippen LogP contribution in [-0.4, -0.2) is 34.7 Å². The first-order valence-corrected chi connectivity index (χ1v) is 9.51. The molecule has 29 heavy (non-hydrogen) atoms. The SMILES string of the molecule is CCC(CC)(CN)NC(=O)c1cccc(CN2C(=O)c3ccccc3C2=O)c1.Cl. The second-order valence-corrected chi connectivity index (χ2v) is 7.09. The van der Waals surface area contributed by atoms with Gasteiger partial charge in [0.15, 0.2) is 0 Å². The number of nitrogens with zero attached hydrogens (tertiary/aromatic N) is 1. The van der Waals surface area contributed by atoms with Crippen molar-refractivity contribution in [2.45, 2.75) is 38.8 Å². The minimum absolute atomic E-state index is 0. The number of nitrogens with two attached hydrogens (primary N) is 1. The third-order valence-corrected chi connectivity index (χ3v) is 5.53. The van der Waals surface area contributed by atoms with E-state index in [0.717, 1.165) is 12.8 Å². The summed E-state index contributed by atoms with van der Waals surface area (Å²) in [7, 11) is 0. The molecule has 0 radical (unpaired) electrons. The number of carbonyl (C=O) groups excluding carboxylic acids is 3. The van der Waals surface area contributed by atoms with Gasteiger partial charge in [-0.15, -0.1) is 12.4 Å². The Morgan fingerprint density at radius 2 is 1.59 bits per heavy atom. The van der Waals surface area contributed by atoms with Crippen LogP contribution in [0.25, 0.3) is 0 Å². The van der Waals surface area contributed by atoms with E-state index in [1.54, 1.807) is 48.5 Å². The minimum Gasteiger partial charge on any atom is -0.345 e. The minimum atomic E-state index is -0.435. The summed E-state index contributed by atoms with van der Waals surface area (Å²) in [4.78, 5) is 39.0. The normalized spacial score (nSPS) is 13.1. The molecule has 1 heterocycles. The Bertz CT molecular complexity index is 882. The van der Waals surface area contributed by atoms with Crippen molar-refractivity contribution < 1.29 is 14.4 Å². The summed E-state index contributed by atoms with van der Waals surface area (Å²) in [6.45, 7) is 4.47. The molecule has 2 aromatic carbocycles. The molecule has 2 aromatic rings. The number of imide groups is 1. The first kappa shape index (κ1) is 22.6. The lowest BCUT2D eigenvalue weighted by Gasteiger charge is -2.31. The lowest BCUT2D eigenvalue weighted by atomic mass is 9.92. The van der Waals surface area contributed by atoms with Crippen molar-refractivity contribution in [2.75, 3.05) is 6.54 Å². The van der Waals surface area contributed by atoms with Gasteiger partial charge in [-0.2, -0.15) is 0 Å². The predicted octanol–water partition coefficient (Wildman–Crippen LogP) is 3.15. The summed E-state index contributed by atoms with van der Waals surface area (Å²) in [6.07, 6.45) is 1.47. The van der Waals surface area contributed by atoms with Crippen LogP contribution in [0.1, 0.15) is 63.3 Å². The quantitative estimate of drug-likeness (QED) is 0.679. The topological polar surface area (TPSA) is 92.5 Å². The fourth-order valence-corrected chi connectivity index (χ4v) is 3.46. The van der Waals surface area contributed by atoms with Crippen LogP contribution in [0.15, 0.2) is 48.5 Å². The number of benzene rings is 2. The highest BCUT2D eigenvalue weighted by Gasteiger charge is 2.35. The maximum Gasteiger partial charge on any atom is 0.261 e. The summed E-state index contributed by atoms with van der Waals surface area (Å²) in [5, 5.41) is 3.04. The van der Waals surface area contributed by atoms with Gasteiger partial charge >= 0.3 is 0 Å². The fourth-order valence-electron chi connectivity index (χ4n) is 3.46. The maximum absolute atomic E-state index is 12.7. The van der Waals surface area contributed by atoms with Crippen LogP contribution in [0.2, 0.25) is 0 Å². The number of amides is 3. The number of fused-ring (bicyclic) bond motifs is 1. The molecule has 0 aliphatic carbocycles. The number of rotatable bonds is 7. The Kier molecular flexibility index (Phi) is 7.16. The summed E-state index contributed by atoms with van der Waals surface area (Å²) in [5.74, 6) is -0.831. The van der Waals surface area contributed by atoms with Crippen LogP contribution < -0.4 is 11.1 Å². The molecular weight excluding hydrogens is 390 g/mol. The van der Waals surface area contributed by atoms with Crippen molar-refractivity contribution >= 4 is 30.1 Å². The molecular formula is C22H26ClN3O3. The van der Waals surface area contributed by atoms with Crippen molar-refractivity contribution in [1.82, 2.24) is 10.2 Å². The molecule has 0 spiro atoms. The van der Waals surface area contributed by atoms with E-state index in [2.05, 4.69) is 5.32 Å². The van der Waals surface area contributed by atoms with E-state index in [-0.39, 0.29) is 36.7 Å². The van der Waals surface area contributed by atoms with E-state index in [0.29, 0.717) is 28.8 Å². The lowest BCUT2D eigenvalue weighted by Crippen LogP contribution is -2.52. The van der Waals surface area contributed by atoms with Crippen molar-refractivity contribution in [3.63, 3.8) is 0 Å². The second-order valence-electron chi connectivity index (χ2n) is 7.09. The van der Waals surface area contributed by atoms with E-state index in [9.17, 15) is 14.4 Å². The third kappa shape index (κ3) is 4.33. The fraction of sp³-hybridized carbons (Fsp3) is 0.318. The Morgan fingerprint density at radius 3 is 2.10 bits per heavy atom. The Labute approximate surface area is 176 Å². The molecule has 7 heteroatoms. The smallest absolute Gasteiger partial charge is 0.261 e. The van der Waals surface area contributed by atoms with E-state index in [4.69, 9.17) is 5.73 Å². The molecule has 3 amide bonds. The zero-order valence-corrected chi connectivity index (χ0v) is 17.4. The van der Waals surface area contributed by atoms with Crippen molar-refractivity contribution in [2.24, 2.45) is 5.73 Å². The van der Waals surface area contributed by atoms with Crippen molar-refractivity contribution in [1.29, 1.82) is 0 Å². The summed E-state index contributed by atoms with van der Waals surface area (Å²) in [5.41, 5.74) is 7.46. The lowest BCUT2D eigenvalue weighted by molar-refractivity contribution is 0.0642. The van der Waals surface area contributed by atoms with Gasteiger partial charge in [0.1, 0.15) is 0 Å². The van der Waals surface area contributed by atoms with Crippen LogP contribution in [0.4, 0.5) is 0 Å². The van der Waals surface area contributed by atoms with Crippen molar-refractivity contribution in [3.05, 3.63) is 70.8 Å². The van der Waals surface area contributed by atoms with Gasteiger partial charge < -0.3 is 11.1 Å². The third-order valence-electron chi connectivity index (χ3n) is 5.53. The van der Waals surface area contributed by atoms with Crippen LogP contribution in [0, 0.1) is 0 Å². The van der Waals surface area contributed by atoms with Gasteiger partial charge in [-0.3, -0.25) is 19.3 Å². The van der Waals surface area contributed by atoms with Gasteiger partial charge in [0.05, 0.1) is 23.2 Å². The summed E-state index contributed by atoms with van der Waals surface area (Å²) < 4.78 is 0. The zero-order valence-electron chi connectivity index (χ0n) is 16.6. The number of hydrogen-bond donors (Lipinski definition) is 2. The van der Waals surface area contributed by atoms with E-state index in [1.165, 1.54) is 4.90 Å². The number of halogens is 1. The second kappa shape index (κ2) is 9.20. The van der Waals surface area contributed by atoms with Gasteiger partial charge in [0.25, 0.3) is 17.7 Å². The first-order valence-electron chi connectivity index (χ1n) is 9.51.